The molecular weight excluding hydrogens is 480 g/mol. The number of esters is 1. The Morgan fingerprint density at radius 1 is 0.895 bits per heavy atom. The second kappa shape index (κ2) is 11.0. The minimum Gasteiger partial charge on any atom is -0.465 e. The van der Waals surface area contributed by atoms with Crippen molar-refractivity contribution >= 4 is 17.7 Å². The fourth-order valence-corrected chi connectivity index (χ4v) is 5.59. The number of nitrogens with zero attached hydrogens (tertiary/aromatic N) is 2. The van der Waals surface area contributed by atoms with Gasteiger partial charge in [-0.1, -0.05) is 73.0 Å². The van der Waals surface area contributed by atoms with E-state index in [2.05, 4.69) is 17.3 Å². The predicted octanol–water partition coefficient (Wildman–Crippen LogP) is 7.21. The maximum Gasteiger partial charge on any atom is 0.414 e. The molecule has 0 N–H and O–H groups in total. The molecule has 0 bridgehead atoms. The van der Waals surface area contributed by atoms with Crippen molar-refractivity contribution < 1.29 is 23.6 Å². The Labute approximate surface area is 224 Å². The van der Waals surface area contributed by atoms with Crippen LogP contribution in [0.25, 0.3) is 22.5 Å². The molecule has 0 spiro atoms. The highest BCUT2D eigenvalue weighted by atomic mass is 16.6. The lowest BCUT2D eigenvalue weighted by Gasteiger charge is -2.33. The van der Waals surface area contributed by atoms with Crippen LogP contribution in [-0.4, -0.2) is 36.5 Å². The molecule has 1 heterocycles. The van der Waals surface area contributed by atoms with Crippen molar-refractivity contribution in [3.63, 3.8) is 0 Å². The van der Waals surface area contributed by atoms with Gasteiger partial charge in [0.05, 0.1) is 18.6 Å². The summed E-state index contributed by atoms with van der Waals surface area (Å²) >= 11 is 0. The normalized spacial score (nSPS) is 16.6. The zero-order chi connectivity index (χ0) is 26.7. The maximum absolute atomic E-state index is 13.1. The molecule has 7 heteroatoms. The van der Waals surface area contributed by atoms with Gasteiger partial charge < -0.3 is 14.0 Å². The Hall–Kier alpha value is -3.61. The number of ether oxygens (including phenoxy) is 2. The van der Waals surface area contributed by atoms with E-state index < -0.39 is 5.41 Å². The Balaban J connectivity index is 1.40. The van der Waals surface area contributed by atoms with Crippen LogP contribution in [0.3, 0.4) is 0 Å². The van der Waals surface area contributed by atoms with Crippen molar-refractivity contribution in [2.24, 2.45) is 0 Å². The van der Waals surface area contributed by atoms with Gasteiger partial charge in [0.15, 0.2) is 5.76 Å². The van der Waals surface area contributed by atoms with Crippen molar-refractivity contribution in [2.45, 2.75) is 77.2 Å². The van der Waals surface area contributed by atoms with Crippen LogP contribution in [0.2, 0.25) is 0 Å². The molecule has 0 saturated heterocycles. The molecule has 2 aliphatic rings. The highest BCUT2D eigenvalue weighted by Crippen LogP contribution is 2.49. The predicted molar refractivity (Wildman–Crippen MR) is 146 cm³/mol. The summed E-state index contributed by atoms with van der Waals surface area (Å²) in [6, 6.07) is 16.3. The molecule has 200 valence electrons. The van der Waals surface area contributed by atoms with E-state index in [0.29, 0.717) is 30.4 Å². The summed E-state index contributed by atoms with van der Waals surface area (Å²) in [6.45, 7) is 6.25. The molecule has 5 rings (SSSR count). The number of hydrogen-bond donors (Lipinski definition) is 0. The van der Waals surface area contributed by atoms with Crippen molar-refractivity contribution in [3.05, 3.63) is 59.8 Å². The van der Waals surface area contributed by atoms with Crippen molar-refractivity contribution in [3.8, 4) is 22.5 Å². The van der Waals surface area contributed by atoms with Gasteiger partial charge in [0.2, 0.25) is 0 Å². The maximum atomic E-state index is 13.1. The van der Waals surface area contributed by atoms with Gasteiger partial charge in [0.1, 0.15) is 11.4 Å². The number of hydrogen-bond acceptors (Lipinski definition) is 6. The van der Waals surface area contributed by atoms with E-state index in [1.165, 1.54) is 6.42 Å². The monoisotopic (exact) mass is 516 g/mol. The Bertz CT molecular complexity index is 1270. The van der Waals surface area contributed by atoms with Gasteiger partial charge >= 0.3 is 12.1 Å². The quantitative estimate of drug-likeness (QED) is 0.294. The van der Waals surface area contributed by atoms with Gasteiger partial charge in [-0.2, -0.15) is 0 Å². The lowest BCUT2D eigenvalue weighted by molar-refractivity contribution is -0.146. The van der Waals surface area contributed by atoms with Crippen LogP contribution in [0.1, 0.15) is 70.1 Å². The van der Waals surface area contributed by atoms with Crippen LogP contribution in [-0.2, 0) is 19.7 Å². The molecule has 1 aromatic heterocycles. The molecule has 0 unspecified atom stereocenters. The van der Waals surface area contributed by atoms with E-state index in [-0.39, 0.29) is 18.1 Å². The topological polar surface area (TPSA) is 81.9 Å². The standard InChI is InChI=1S/C31H36N2O5/c1-4-36-29(34)31(19-20-31)25-17-15-23(16-18-25)22-11-13-24(14-12-22)28-27(21(3)32-38-28)33(30(35)37-5-2)26-9-7-6-8-10-26/h11-18,26H,4-10,19-20H2,1-3H3. The summed E-state index contributed by atoms with van der Waals surface area (Å²) in [6.07, 6.45) is 6.58. The third-order valence-corrected chi connectivity index (χ3v) is 7.81. The first kappa shape index (κ1) is 26.0. The van der Waals surface area contributed by atoms with E-state index in [1.807, 2.05) is 57.2 Å². The second-order valence-electron chi connectivity index (χ2n) is 10.3. The second-order valence-corrected chi connectivity index (χ2v) is 10.3. The largest absolute Gasteiger partial charge is 0.465 e. The van der Waals surface area contributed by atoms with Gasteiger partial charge in [-0.3, -0.25) is 9.69 Å². The SMILES string of the molecule is CCOC(=O)N(c1c(C)noc1-c1ccc(-c2ccc(C3(C(=O)OCC)CC3)cc2)cc1)C1CCCCC1. The molecule has 2 saturated carbocycles. The van der Waals surface area contributed by atoms with E-state index in [9.17, 15) is 9.59 Å². The molecule has 2 fully saturated rings. The van der Waals surface area contributed by atoms with Crippen LogP contribution in [0, 0.1) is 6.92 Å². The molecule has 2 aromatic carbocycles. The summed E-state index contributed by atoms with van der Waals surface area (Å²) in [5.41, 5.74) is 4.88. The van der Waals surface area contributed by atoms with Gasteiger partial charge in [0, 0.05) is 11.6 Å². The number of anilines is 1. The zero-order valence-electron chi connectivity index (χ0n) is 22.5. The Morgan fingerprint density at radius 2 is 1.47 bits per heavy atom. The number of benzene rings is 2. The zero-order valence-corrected chi connectivity index (χ0v) is 22.5. The van der Waals surface area contributed by atoms with Gasteiger partial charge in [-0.15, -0.1) is 0 Å². The number of amides is 1. The first-order valence-electron chi connectivity index (χ1n) is 13.8. The molecule has 38 heavy (non-hydrogen) atoms. The number of carbonyl (C=O) groups is 2. The summed E-state index contributed by atoms with van der Waals surface area (Å²) < 4.78 is 16.5. The Morgan fingerprint density at radius 3 is 2.05 bits per heavy atom. The third-order valence-electron chi connectivity index (χ3n) is 7.81. The van der Waals surface area contributed by atoms with E-state index in [0.717, 1.165) is 60.8 Å². The average Bonchev–Trinajstić information content (AvgIpc) is 3.68. The third kappa shape index (κ3) is 4.94. The summed E-state index contributed by atoms with van der Waals surface area (Å²) in [4.78, 5) is 27.3. The van der Waals surface area contributed by atoms with Crippen molar-refractivity contribution in [2.75, 3.05) is 18.1 Å². The number of aromatic nitrogens is 1. The molecule has 1 amide bonds. The molecule has 0 radical (unpaired) electrons. The molecule has 0 atom stereocenters. The number of carbonyl (C=O) groups excluding carboxylic acids is 2. The van der Waals surface area contributed by atoms with E-state index in [1.54, 1.807) is 4.90 Å². The van der Waals surface area contributed by atoms with Crippen LogP contribution < -0.4 is 4.90 Å². The van der Waals surface area contributed by atoms with Crippen LogP contribution in [0.15, 0.2) is 53.1 Å². The fourth-order valence-electron chi connectivity index (χ4n) is 5.59. The lowest BCUT2D eigenvalue weighted by atomic mass is 9.93. The van der Waals surface area contributed by atoms with Crippen molar-refractivity contribution in [1.82, 2.24) is 5.16 Å². The summed E-state index contributed by atoms with van der Waals surface area (Å²) in [5, 5.41) is 4.24. The van der Waals surface area contributed by atoms with Gasteiger partial charge in [-0.05, 0) is 63.1 Å². The van der Waals surface area contributed by atoms with E-state index in [4.69, 9.17) is 14.0 Å². The lowest BCUT2D eigenvalue weighted by Crippen LogP contribution is -2.42. The number of aryl methyl sites for hydroxylation is 1. The highest BCUT2D eigenvalue weighted by Gasteiger charge is 2.52. The van der Waals surface area contributed by atoms with Crippen LogP contribution in [0.4, 0.5) is 10.5 Å². The van der Waals surface area contributed by atoms with Crippen LogP contribution in [0.5, 0.6) is 0 Å². The van der Waals surface area contributed by atoms with Gasteiger partial charge in [-0.25, -0.2) is 4.79 Å². The van der Waals surface area contributed by atoms with Crippen LogP contribution >= 0.6 is 0 Å². The molecule has 2 aliphatic carbocycles. The van der Waals surface area contributed by atoms with E-state index >= 15 is 0 Å². The Kier molecular flexibility index (Phi) is 7.54. The average molecular weight is 517 g/mol. The minimum atomic E-state index is -0.470. The summed E-state index contributed by atoms with van der Waals surface area (Å²) in [5.74, 6) is 0.452. The number of rotatable bonds is 8. The first-order chi connectivity index (χ1) is 18.5. The van der Waals surface area contributed by atoms with Gasteiger partial charge in [0.25, 0.3) is 0 Å². The molecule has 7 nitrogen and oxygen atoms in total. The molecule has 0 aliphatic heterocycles. The minimum absolute atomic E-state index is 0.0711. The molecule has 3 aromatic rings. The first-order valence-corrected chi connectivity index (χ1v) is 13.8. The van der Waals surface area contributed by atoms with Crippen molar-refractivity contribution in [1.29, 1.82) is 0 Å². The highest BCUT2D eigenvalue weighted by molar-refractivity contribution is 5.94. The molecular formula is C31H36N2O5. The smallest absolute Gasteiger partial charge is 0.414 e. The summed E-state index contributed by atoms with van der Waals surface area (Å²) in [7, 11) is 0. The fraction of sp³-hybridized carbons (Fsp3) is 0.452.